The normalized spacial score (nSPS) is 12.5. The summed E-state index contributed by atoms with van der Waals surface area (Å²) in [6.07, 6.45) is 0. The number of benzene rings is 2. The number of methoxy groups -OCH3 is 1. The quantitative estimate of drug-likeness (QED) is 0.887. The molecule has 0 saturated carbocycles. The van der Waals surface area contributed by atoms with Gasteiger partial charge in [-0.1, -0.05) is 34.1 Å². The van der Waals surface area contributed by atoms with E-state index in [-0.39, 0.29) is 6.79 Å². The highest BCUT2D eigenvalue weighted by Crippen LogP contribution is 2.36. The molecule has 0 radical (unpaired) electrons. The smallest absolute Gasteiger partial charge is 0.231 e. The molecule has 5 heteroatoms. The summed E-state index contributed by atoms with van der Waals surface area (Å²) >= 11 is 3.56. The summed E-state index contributed by atoms with van der Waals surface area (Å²) in [6.45, 7) is 1.51. The molecule has 0 saturated heterocycles. The van der Waals surface area contributed by atoms with Crippen molar-refractivity contribution in [2.75, 3.05) is 19.2 Å². The van der Waals surface area contributed by atoms with E-state index >= 15 is 0 Å². The van der Waals surface area contributed by atoms with Crippen LogP contribution in [0.15, 0.2) is 40.9 Å². The van der Waals surface area contributed by atoms with Gasteiger partial charge in [-0.15, -0.1) is 0 Å². The molecule has 0 aromatic heterocycles. The van der Waals surface area contributed by atoms with Crippen LogP contribution in [0.3, 0.4) is 0 Å². The van der Waals surface area contributed by atoms with Crippen LogP contribution in [0.5, 0.6) is 11.5 Å². The topological polar surface area (TPSA) is 39.7 Å². The fourth-order valence-electron chi connectivity index (χ4n) is 2.34. The number of hydrogen-bond donors (Lipinski definition) is 1. The van der Waals surface area contributed by atoms with E-state index in [4.69, 9.17) is 14.2 Å². The van der Waals surface area contributed by atoms with Gasteiger partial charge in [0.2, 0.25) is 6.79 Å². The molecule has 0 aliphatic carbocycles. The third kappa shape index (κ3) is 2.99. The molecule has 1 heterocycles. The van der Waals surface area contributed by atoms with Gasteiger partial charge in [0.1, 0.15) is 0 Å². The molecular weight excluding hydrogens is 334 g/mol. The Morgan fingerprint density at radius 2 is 2.05 bits per heavy atom. The zero-order valence-electron chi connectivity index (χ0n) is 11.7. The van der Waals surface area contributed by atoms with Gasteiger partial charge in [-0.25, -0.2) is 0 Å². The van der Waals surface area contributed by atoms with Crippen LogP contribution >= 0.6 is 15.9 Å². The maximum Gasteiger partial charge on any atom is 0.231 e. The highest BCUT2D eigenvalue weighted by atomic mass is 79.9. The van der Waals surface area contributed by atoms with Gasteiger partial charge >= 0.3 is 0 Å². The summed E-state index contributed by atoms with van der Waals surface area (Å²) in [7, 11) is 1.69. The fourth-order valence-corrected chi connectivity index (χ4v) is 2.82. The first-order valence-corrected chi connectivity index (χ1v) is 7.46. The molecule has 0 amide bonds. The Bertz CT molecular complexity index is 645. The molecule has 0 bridgehead atoms. The first-order valence-electron chi connectivity index (χ1n) is 6.67. The standard InChI is InChI=1S/C16H16BrNO3/c1-19-9-12-13(17)5-3-6-14(12)18-8-11-4-2-7-15-16(11)21-10-20-15/h2-7,18H,8-10H2,1H3. The van der Waals surface area contributed by atoms with E-state index in [0.29, 0.717) is 13.2 Å². The Kier molecular flexibility index (Phi) is 4.31. The van der Waals surface area contributed by atoms with Crippen LogP contribution in [0.4, 0.5) is 5.69 Å². The molecule has 0 spiro atoms. The second kappa shape index (κ2) is 6.37. The number of fused-ring (bicyclic) bond motifs is 1. The summed E-state index contributed by atoms with van der Waals surface area (Å²) in [6, 6.07) is 12.0. The molecule has 2 aromatic carbocycles. The Hall–Kier alpha value is -1.72. The average molecular weight is 350 g/mol. The first kappa shape index (κ1) is 14.2. The van der Waals surface area contributed by atoms with Crippen molar-refractivity contribution in [3.63, 3.8) is 0 Å². The number of anilines is 1. The minimum Gasteiger partial charge on any atom is -0.454 e. The first-order chi connectivity index (χ1) is 10.3. The minimum atomic E-state index is 0.290. The van der Waals surface area contributed by atoms with Crippen molar-refractivity contribution in [3.8, 4) is 11.5 Å². The second-order valence-electron chi connectivity index (χ2n) is 4.70. The van der Waals surface area contributed by atoms with Gasteiger partial charge in [0, 0.05) is 34.9 Å². The van der Waals surface area contributed by atoms with Crippen molar-refractivity contribution in [2.24, 2.45) is 0 Å². The zero-order valence-corrected chi connectivity index (χ0v) is 13.3. The van der Waals surface area contributed by atoms with Crippen molar-refractivity contribution in [1.82, 2.24) is 0 Å². The molecule has 2 aromatic rings. The largest absolute Gasteiger partial charge is 0.454 e. The lowest BCUT2D eigenvalue weighted by Gasteiger charge is -2.14. The van der Waals surface area contributed by atoms with Crippen LogP contribution in [0, 0.1) is 0 Å². The summed E-state index contributed by atoms with van der Waals surface area (Å²) in [5.41, 5.74) is 3.22. The van der Waals surface area contributed by atoms with Crippen LogP contribution < -0.4 is 14.8 Å². The van der Waals surface area contributed by atoms with Gasteiger partial charge in [0.25, 0.3) is 0 Å². The number of ether oxygens (including phenoxy) is 3. The average Bonchev–Trinajstić information content (AvgIpc) is 2.97. The number of rotatable bonds is 5. The van der Waals surface area contributed by atoms with Gasteiger partial charge in [0.15, 0.2) is 11.5 Å². The molecule has 3 rings (SSSR count). The van der Waals surface area contributed by atoms with Crippen LogP contribution in [0.1, 0.15) is 11.1 Å². The maximum atomic E-state index is 5.52. The zero-order chi connectivity index (χ0) is 14.7. The van der Waals surface area contributed by atoms with Crippen LogP contribution in [0.2, 0.25) is 0 Å². The molecule has 4 nitrogen and oxygen atoms in total. The maximum absolute atomic E-state index is 5.52. The Morgan fingerprint density at radius 3 is 2.90 bits per heavy atom. The summed E-state index contributed by atoms with van der Waals surface area (Å²) in [4.78, 5) is 0. The lowest BCUT2D eigenvalue weighted by Crippen LogP contribution is -2.04. The summed E-state index contributed by atoms with van der Waals surface area (Å²) < 4.78 is 17.2. The van der Waals surface area contributed by atoms with E-state index in [1.165, 1.54) is 0 Å². The van der Waals surface area contributed by atoms with E-state index < -0.39 is 0 Å². The van der Waals surface area contributed by atoms with Crippen molar-refractivity contribution in [2.45, 2.75) is 13.2 Å². The van der Waals surface area contributed by atoms with Crippen molar-refractivity contribution in [1.29, 1.82) is 0 Å². The van der Waals surface area contributed by atoms with Gasteiger partial charge in [-0.2, -0.15) is 0 Å². The van der Waals surface area contributed by atoms with Crippen molar-refractivity contribution in [3.05, 3.63) is 52.0 Å². The molecule has 1 aliphatic heterocycles. The van der Waals surface area contributed by atoms with E-state index in [0.717, 1.165) is 32.8 Å². The summed E-state index contributed by atoms with van der Waals surface area (Å²) in [5.74, 6) is 1.63. The Morgan fingerprint density at radius 1 is 1.19 bits per heavy atom. The molecule has 1 N–H and O–H groups in total. The third-order valence-corrected chi connectivity index (χ3v) is 4.10. The monoisotopic (exact) mass is 349 g/mol. The fraction of sp³-hybridized carbons (Fsp3) is 0.250. The van der Waals surface area contributed by atoms with Crippen LogP contribution in [-0.4, -0.2) is 13.9 Å². The van der Waals surface area contributed by atoms with Gasteiger partial charge in [-0.3, -0.25) is 0 Å². The van der Waals surface area contributed by atoms with Crippen molar-refractivity contribution >= 4 is 21.6 Å². The Balaban J connectivity index is 1.80. The number of halogens is 1. The van der Waals surface area contributed by atoms with Gasteiger partial charge in [-0.05, 0) is 18.2 Å². The van der Waals surface area contributed by atoms with Gasteiger partial charge in [0.05, 0.1) is 6.61 Å². The molecule has 0 fully saturated rings. The van der Waals surface area contributed by atoms with E-state index in [1.54, 1.807) is 7.11 Å². The number of para-hydroxylation sites is 1. The number of nitrogens with one attached hydrogen (secondary N) is 1. The van der Waals surface area contributed by atoms with Gasteiger partial charge < -0.3 is 19.5 Å². The molecular formula is C16H16BrNO3. The lowest BCUT2D eigenvalue weighted by atomic mass is 10.1. The molecule has 0 unspecified atom stereocenters. The minimum absolute atomic E-state index is 0.290. The van der Waals surface area contributed by atoms with E-state index in [2.05, 4.69) is 21.2 Å². The van der Waals surface area contributed by atoms with Crippen molar-refractivity contribution < 1.29 is 14.2 Å². The SMILES string of the molecule is COCc1c(Br)cccc1NCc1cccc2c1OCO2. The van der Waals surface area contributed by atoms with Crippen LogP contribution in [-0.2, 0) is 17.9 Å². The van der Waals surface area contributed by atoms with E-state index in [9.17, 15) is 0 Å². The molecule has 1 aliphatic rings. The highest BCUT2D eigenvalue weighted by molar-refractivity contribution is 9.10. The highest BCUT2D eigenvalue weighted by Gasteiger charge is 2.17. The molecule has 21 heavy (non-hydrogen) atoms. The lowest BCUT2D eigenvalue weighted by molar-refractivity contribution is 0.173. The molecule has 0 atom stereocenters. The predicted octanol–water partition coefficient (Wildman–Crippen LogP) is 3.94. The Labute approximate surface area is 132 Å². The van der Waals surface area contributed by atoms with E-state index in [1.807, 2.05) is 36.4 Å². The predicted molar refractivity (Wildman–Crippen MR) is 84.7 cm³/mol. The number of hydrogen-bond acceptors (Lipinski definition) is 4. The van der Waals surface area contributed by atoms with Crippen LogP contribution in [0.25, 0.3) is 0 Å². The second-order valence-corrected chi connectivity index (χ2v) is 5.56. The molecule has 110 valence electrons. The summed E-state index contributed by atoms with van der Waals surface area (Å²) in [5, 5.41) is 3.44. The third-order valence-electron chi connectivity index (χ3n) is 3.35.